The summed E-state index contributed by atoms with van der Waals surface area (Å²) in [7, 11) is 0. The van der Waals surface area contributed by atoms with E-state index in [0.29, 0.717) is 0 Å². The molecule has 0 nitrogen and oxygen atoms in total. The second-order valence-electron chi connectivity index (χ2n) is 4.87. The van der Waals surface area contributed by atoms with Crippen LogP contribution in [0.15, 0.2) is 51.9 Å². The van der Waals surface area contributed by atoms with Crippen LogP contribution in [0.3, 0.4) is 0 Å². The van der Waals surface area contributed by atoms with Crippen molar-refractivity contribution in [1.29, 1.82) is 0 Å². The predicted octanol–water partition coefficient (Wildman–Crippen LogP) is 3.24. The van der Waals surface area contributed by atoms with Crippen LogP contribution < -0.4 is 0 Å². The maximum absolute atomic E-state index is 2.59. The standard InChI is InChI=1S/C8H9.C5H5.CH3.Hf.H2Si/c1-2-8-6-4-3-5-7-8;1-2-4-5-3-1;;;/h3-7H,1-2H2;1-3H,4H2;1H3;;1H2. The molecular weight excluding hydrogens is 375 g/mol. The third-order valence-corrected chi connectivity index (χ3v) is 21.7. The van der Waals surface area contributed by atoms with Crippen molar-refractivity contribution in [3.63, 3.8) is 0 Å². The molecule has 0 bridgehead atoms. The summed E-state index contributed by atoms with van der Waals surface area (Å²) in [6.07, 6.45) is 9.46. The number of benzene rings is 1. The molecule has 0 heterocycles. The minimum absolute atomic E-state index is 1.25. The van der Waals surface area contributed by atoms with Gasteiger partial charge in [0, 0.05) is 0 Å². The minimum atomic E-state index is -2.02. The SMILES string of the molecule is [CH3][Hf](=[SiH2])([CH2]Cc1ccccc1)[C]1=CC=CC1. The van der Waals surface area contributed by atoms with Gasteiger partial charge in [0.05, 0.1) is 0 Å². The third kappa shape index (κ3) is 3.14. The van der Waals surface area contributed by atoms with E-state index in [0.717, 1.165) is 0 Å². The van der Waals surface area contributed by atoms with Crippen molar-refractivity contribution in [3.8, 4) is 0 Å². The van der Waals surface area contributed by atoms with Crippen molar-refractivity contribution in [1.82, 2.24) is 0 Å². The zero-order valence-corrected chi connectivity index (χ0v) is 15.0. The molecule has 0 saturated heterocycles. The first kappa shape index (κ1) is 12.2. The van der Waals surface area contributed by atoms with Crippen molar-refractivity contribution >= 4 is 6.94 Å². The Morgan fingerprint density at radius 1 is 1.25 bits per heavy atom. The zero-order valence-electron chi connectivity index (χ0n) is 9.95. The average molecular weight is 394 g/mol. The molecule has 0 radical (unpaired) electrons. The van der Waals surface area contributed by atoms with Gasteiger partial charge in [-0.05, 0) is 0 Å². The number of allylic oxidation sites excluding steroid dienone is 4. The van der Waals surface area contributed by atoms with Gasteiger partial charge in [-0.2, -0.15) is 0 Å². The van der Waals surface area contributed by atoms with Crippen LogP contribution >= 0.6 is 0 Å². The fourth-order valence-electron chi connectivity index (χ4n) is 2.12. The molecule has 83 valence electrons. The molecule has 0 amide bonds. The van der Waals surface area contributed by atoms with Gasteiger partial charge in [0.15, 0.2) is 0 Å². The molecule has 1 aromatic carbocycles. The van der Waals surface area contributed by atoms with E-state index in [9.17, 15) is 0 Å². The van der Waals surface area contributed by atoms with E-state index in [1.165, 1.54) is 22.6 Å². The summed E-state index contributed by atoms with van der Waals surface area (Å²) in [5, 5.41) is 0. The van der Waals surface area contributed by atoms with E-state index in [-0.39, 0.29) is 0 Å². The van der Waals surface area contributed by atoms with Gasteiger partial charge >= 0.3 is 105 Å². The topological polar surface area (TPSA) is 0 Å². The molecule has 16 heavy (non-hydrogen) atoms. The molecule has 1 aliphatic carbocycles. The van der Waals surface area contributed by atoms with Crippen molar-refractivity contribution in [2.75, 3.05) is 0 Å². The van der Waals surface area contributed by atoms with E-state index < -0.39 is 18.6 Å². The van der Waals surface area contributed by atoms with E-state index in [1.807, 2.05) is 3.33 Å². The fourth-order valence-corrected chi connectivity index (χ4v) is 13.9. The Labute approximate surface area is 104 Å². The predicted molar refractivity (Wildman–Crippen MR) is 71.2 cm³/mol. The second kappa shape index (κ2) is 5.41. The van der Waals surface area contributed by atoms with Gasteiger partial charge in [0.25, 0.3) is 0 Å². The molecule has 0 saturated carbocycles. The molecule has 0 N–H and O–H groups in total. The van der Waals surface area contributed by atoms with Crippen LogP contribution in [-0.2, 0) is 25.0 Å². The van der Waals surface area contributed by atoms with Gasteiger partial charge in [-0.15, -0.1) is 0 Å². The van der Waals surface area contributed by atoms with Crippen LogP contribution in [0.2, 0.25) is 8.86 Å². The van der Waals surface area contributed by atoms with Crippen molar-refractivity contribution < 1.29 is 18.6 Å². The number of aryl methyl sites for hydroxylation is 1. The van der Waals surface area contributed by atoms with Crippen molar-refractivity contribution in [3.05, 3.63) is 57.5 Å². The van der Waals surface area contributed by atoms with Crippen molar-refractivity contribution in [2.24, 2.45) is 0 Å². The van der Waals surface area contributed by atoms with E-state index in [2.05, 4.69) is 60.2 Å². The zero-order chi connectivity index (χ0) is 11.4. The van der Waals surface area contributed by atoms with Crippen LogP contribution in [0.4, 0.5) is 0 Å². The molecule has 1 unspecified atom stereocenters. The van der Waals surface area contributed by atoms with E-state index >= 15 is 0 Å². The summed E-state index contributed by atoms with van der Waals surface area (Å²) in [6, 6.07) is 10.9. The molecule has 1 aromatic rings. The fraction of sp³-hybridized carbons (Fsp3) is 0.286. The second-order valence-corrected chi connectivity index (χ2v) is 33.0. The molecule has 0 aromatic heterocycles. The van der Waals surface area contributed by atoms with Crippen LogP contribution in [0.1, 0.15) is 12.0 Å². The Morgan fingerprint density at radius 2 is 2.00 bits per heavy atom. The van der Waals surface area contributed by atoms with Crippen LogP contribution in [0, 0.1) is 0 Å². The Balaban J connectivity index is 1.97. The number of hydrogen-bond donors (Lipinski definition) is 0. The van der Waals surface area contributed by atoms with E-state index in [4.69, 9.17) is 0 Å². The van der Waals surface area contributed by atoms with Gasteiger partial charge in [0.2, 0.25) is 0 Å². The molecule has 0 spiro atoms. The Kier molecular flexibility index (Phi) is 4.14. The third-order valence-electron chi connectivity index (χ3n) is 3.35. The molecule has 0 aliphatic heterocycles. The Morgan fingerprint density at radius 3 is 2.62 bits per heavy atom. The molecular formula is C14H19HfSi. The first-order valence-corrected chi connectivity index (χ1v) is 22.2. The van der Waals surface area contributed by atoms with Crippen LogP contribution in [-0.4, -0.2) is 6.94 Å². The summed E-state index contributed by atoms with van der Waals surface area (Å²) in [5.41, 5.74) is 1.51. The monoisotopic (exact) mass is 395 g/mol. The summed E-state index contributed by atoms with van der Waals surface area (Å²) in [6.45, 7) is 2.36. The molecule has 2 rings (SSSR count). The average Bonchev–Trinajstić information content (AvgIpc) is 2.82. The summed E-state index contributed by atoms with van der Waals surface area (Å²) in [5.74, 6) is 0. The van der Waals surface area contributed by atoms with Gasteiger partial charge in [-0.3, -0.25) is 0 Å². The van der Waals surface area contributed by atoms with Gasteiger partial charge in [0.1, 0.15) is 0 Å². The quantitative estimate of drug-likeness (QED) is 0.689. The van der Waals surface area contributed by atoms with Gasteiger partial charge < -0.3 is 0 Å². The number of hydrogen-bond acceptors (Lipinski definition) is 0. The Hall–Kier alpha value is -0.213. The molecule has 0 fully saturated rings. The first-order chi connectivity index (χ1) is 7.68. The van der Waals surface area contributed by atoms with Gasteiger partial charge in [-0.1, -0.05) is 0 Å². The normalized spacial score (nSPS) is 18.2. The molecule has 1 atom stereocenters. The Bertz CT molecular complexity index is 457. The van der Waals surface area contributed by atoms with E-state index in [1.54, 1.807) is 0 Å². The summed E-state index contributed by atoms with van der Waals surface area (Å²) >= 11 is -2.02. The van der Waals surface area contributed by atoms with Crippen LogP contribution in [0.25, 0.3) is 0 Å². The molecule has 2 heteroatoms. The van der Waals surface area contributed by atoms with Gasteiger partial charge in [-0.25, -0.2) is 0 Å². The van der Waals surface area contributed by atoms with Crippen molar-refractivity contribution in [2.45, 2.75) is 21.7 Å². The number of rotatable bonds is 4. The molecule has 1 aliphatic rings. The maximum atomic E-state index is 2.59. The first-order valence-electron chi connectivity index (χ1n) is 5.94. The summed E-state index contributed by atoms with van der Waals surface area (Å²) < 4.78 is 5.86. The van der Waals surface area contributed by atoms with Crippen LogP contribution in [0.5, 0.6) is 0 Å². The summed E-state index contributed by atoms with van der Waals surface area (Å²) in [4.78, 5) is 0.